The van der Waals surface area contributed by atoms with Gasteiger partial charge in [-0.15, -0.1) is 0 Å². The molecule has 0 saturated carbocycles. The fraction of sp³-hybridized carbons (Fsp3) is 0.261. The maximum Gasteiger partial charge on any atom is 0.294 e. The lowest BCUT2D eigenvalue weighted by molar-refractivity contribution is 0.0750. The van der Waals surface area contributed by atoms with Gasteiger partial charge in [0.2, 0.25) is 16.1 Å². The number of carbonyl (C=O) groups is 2. The van der Waals surface area contributed by atoms with Crippen LogP contribution < -0.4 is 5.32 Å². The first kappa shape index (κ1) is 23.2. The molecule has 10 nitrogen and oxygen atoms in total. The van der Waals surface area contributed by atoms with Gasteiger partial charge in [0, 0.05) is 23.9 Å². The van der Waals surface area contributed by atoms with Crippen LogP contribution in [-0.2, 0) is 15.0 Å². The molecule has 4 rings (SSSR count). The lowest BCUT2D eigenvalue weighted by atomic mass is 9.88. The molecule has 1 N–H and O–H groups in total. The van der Waals surface area contributed by atoms with Crippen molar-refractivity contribution in [3.63, 3.8) is 0 Å². The number of hydrazone groups is 1. The van der Waals surface area contributed by atoms with E-state index in [4.69, 9.17) is 9.26 Å². The van der Waals surface area contributed by atoms with Gasteiger partial charge in [0.25, 0.3) is 11.8 Å². The zero-order valence-electron chi connectivity index (χ0n) is 18.5. The first-order valence-corrected chi connectivity index (χ1v) is 11.6. The molecule has 1 unspecified atom stereocenters. The molecule has 2 heterocycles. The van der Waals surface area contributed by atoms with Gasteiger partial charge in [-0.1, -0.05) is 17.3 Å². The van der Waals surface area contributed by atoms with Crippen LogP contribution in [0.4, 0.5) is 5.69 Å². The van der Waals surface area contributed by atoms with Gasteiger partial charge in [-0.05, 0) is 49.6 Å². The maximum absolute atomic E-state index is 13.1. The predicted octanol–water partition coefficient (Wildman–Crippen LogP) is 2.68. The van der Waals surface area contributed by atoms with Crippen molar-refractivity contribution in [3.8, 4) is 0 Å². The van der Waals surface area contributed by atoms with Gasteiger partial charge in [0.15, 0.2) is 0 Å². The molecule has 34 heavy (non-hydrogen) atoms. The average Bonchev–Trinajstić information content (AvgIpc) is 3.39. The van der Waals surface area contributed by atoms with E-state index in [1.54, 1.807) is 43.3 Å². The second-order valence-electron chi connectivity index (χ2n) is 7.68. The fourth-order valence-corrected chi connectivity index (χ4v) is 4.66. The van der Waals surface area contributed by atoms with Gasteiger partial charge < -0.3 is 14.6 Å². The Morgan fingerprint density at radius 3 is 2.62 bits per heavy atom. The monoisotopic (exact) mass is 482 g/mol. The molecule has 1 atom stereocenters. The Kier molecular flexibility index (Phi) is 6.73. The minimum absolute atomic E-state index is 0.0731. The van der Waals surface area contributed by atoms with Crippen LogP contribution in [0.25, 0.3) is 0 Å². The molecule has 0 radical (unpaired) electrons. The number of nitrogens with zero attached hydrogens (tertiary/aromatic N) is 3. The number of amides is 2. The molecular weight excluding hydrogens is 460 g/mol. The second-order valence-corrected chi connectivity index (χ2v) is 8.59. The highest BCUT2D eigenvalue weighted by molar-refractivity contribution is 7.73. The molecule has 1 aliphatic carbocycles. The normalized spacial score (nSPS) is 17.9. The molecular formula is C23H22N4O6S. The lowest BCUT2D eigenvalue weighted by Crippen LogP contribution is -2.37. The topological polar surface area (TPSA) is 131 Å². The molecule has 11 heteroatoms. The second kappa shape index (κ2) is 9.87. The van der Waals surface area contributed by atoms with Crippen molar-refractivity contribution in [3.05, 3.63) is 71.3 Å². The van der Waals surface area contributed by atoms with E-state index in [0.717, 1.165) is 0 Å². The van der Waals surface area contributed by atoms with E-state index in [2.05, 4.69) is 15.6 Å². The molecule has 2 amide bonds. The first-order chi connectivity index (χ1) is 16.4. The van der Waals surface area contributed by atoms with Crippen molar-refractivity contribution in [2.24, 2.45) is 11.0 Å². The predicted molar refractivity (Wildman–Crippen MR) is 125 cm³/mol. The summed E-state index contributed by atoms with van der Waals surface area (Å²) in [5.41, 5.74) is 2.15. The number of carbonyl (C=O) groups excluding carboxylic acids is 2. The van der Waals surface area contributed by atoms with Crippen molar-refractivity contribution >= 4 is 38.4 Å². The number of anilines is 1. The maximum atomic E-state index is 13.1. The summed E-state index contributed by atoms with van der Waals surface area (Å²) < 4.78 is 34.1. The molecule has 2 aromatic rings. The third kappa shape index (κ3) is 4.69. The van der Waals surface area contributed by atoms with E-state index in [0.29, 0.717) is 47.7 Å². The van der Waals surface area contributed by atoms with Crippen molar-refractivity contribution in [2.75, 3.05) is 19.0 Å². The highest BCUT2D eigenvalue weighted by Crippen LogP contribution is 2.26. The van der Waals surface area contributed by atoms with E-state index in [1.807, 2.05) is 0 Å². The summed E-state index contributed by atoms with van der Waals surface area (Å²) in [7, 11) is -1.08. The summed E-state index contributed by atoms with van der Waals surface area (Å²) >= 11 is 0. The van der Waals surface area contributed by atoms with Crippen LogP contribution in [0.15, 0.2) is 69.6 Å². The molecule has 0 fully saturated rings. The minimum Gasteiger partial charge on any atom is -0.495 e. The van der Waals surface area contributed by atoms with Gasteiger partial charge in [0.05, 0.1) is 24.9 Å². The van der Waals surface area contributed by atoms with Crippen molar-refractivity contribution in [1.29, 1.82) is 0 Å². The number of benzene rings is 1. The highest BCUT2D eigenvalue weighted by Gasteiger charge is 2.32. The van der Waals surface area contributed by atoms with Gasteiger partial charge in [-0.2, -0.15) is 13.5 Å². The number of hydrogen-bond donors (Lipinski definition) is 1. The Morgan fingerprint density at radius 2 is 1.97 bits per heavy atom. The quantitative estimate of drug-likeness (QED) is 0.648. The van der Waals surface area contributed by atoms with Crippen LogP contribution in [-0.4, -0.2) is 54.6 Å². The number of ether oxygens (including phenoxy) is 1. The Balaban J connectivity index is 1.53. The molecule has 2 aliphatic rings. The Labute approximate surface area is 197 Å². The Bertz CT molecular complexity index is 1330. The van der Waals surface area contributed by atoms with E-state index in [-0.39, 0.29) is 16.5 Å². The zero-order chi connectivity index (χ0) is 24.2. The molecule has 0 saturated heterocycles. The SMILES string of the molecule is COC1=C(C)C=CC(C2=NN(C(=O)c3ccc(NC(=O)c4ccno4)cc3)CCC2)C1=S(=O)=O. The summed E-state index contributed by atoms with van der Waals surface area (Å²) in [6.07, 6.45) is 6.14. The smallest absolute Gasteiger partial charge is 0.294 e. The average molecular weight is 483 g/mol. The first-order valence-electron chi connectivity index (χ1n) is 10.5. The summed E-state index contributed by atoms with van der Waals surface area (Å²) in [6.45, 7) is 2.18. The number of allylic oxidation sites excluding steroid dienone is 4. The summed E-state index contributed by atoms with van der Waals surface area (Å²) in [5, 5.41) is 12.0. The van der Waals surface area contributed by atoms with Crippen LogP contribution in [0.5, 0.6) is 0 Å². The van der Waals surface area contributed by atoms with E-state index in [1.165, 1.54) is 24.4 Å². The van der Waals surface area contributed by atoms with Gasteiger partial charge in [-0.25, -0.2) is 5.01 Å². The summed E-state index contributed by atoms with van der Waals surface area (Å²) in [5.74, 6) is -1.00. The molecule has 1 aromatic carbocycles. The van der Waals surface area contributed by atoms with Crippen LogP contribution in [0, 0.1) is 5.92 Å². The van der Waals surface area contributed by atoms with Crippen LogP contribution >= 0.6 is 0 Å². The standard InChI is InChI=1S/C23H22N4O6S/c1-14-5-10-17(21(34(30)31)20(14)32-2)18-4-3-13-27(26-18)23(29)15-6-8-16(9-7-15)25-22(28)19-11-12-24-33-19/h5-12,17H,3-4,13H2,1-2H3,(H,25,28). The number of nitrogens with one attached hydrogen (secondary N) is 1. The molecule has 0 bridgehead atoms. The van der Waals surface area contributed by atoms with Crippen molar-refractivity contribution < 1.29 is 27.3 Å². The van der Waals surface area contributed by atoms with Gasteiger partial charge >= 0.3 is 0 Å². The Morgan fingerprint density at radius 1 is 1.21 bits per heavy atom. The van der Waals surface area contributed by atoms with Gasteiger partial charge in [0.1, 0.15) is 10.6 Å². The number of hydrogen-bond acceptors (Lipinski definition) is 8. The van der Waals surface area contributed by atoms with Crippen molar-refractivity contribution in [1.82, 2.24) is 10.2 Å². The highest BCUT2D eigenvalue weighted by atomic mass is 32.2. The third-order valence-electron chi connectivity index (χ3n) is 5.48. The number of aromatic nitrogens is 1. The molecule has 0 spiro atoms. The minimum atomic E-state index is -2.51. The third-order valence-corrected chi connectivity index (χ3v) is 6.28. The van der Waals surface area contributed by atoms with Crippen LogP contribution in [0.1, 0.15) is 40.7 Å². The molecule has 1 aromatic heterocycles. The van der Waals surface area contributed by atoms with Crippen LogP contribution in [0.2, 0.25) is 0 Å². The Hall–Kier alpha value is -3.99. The van der Waals surface area contributed by atoms with E-state index < -0.39 is 22.1 Å². The number of methoxy groups -OCH3 is 1. The lowest BCUT2D eigenvalue weighted by Gasteiger charge is -2.28. The number of rotatable bonds is 5. The largest absolute Gasteiger partial charge is 0.495 e. The molecule has 1 aliphatic heterocycles. The van der Waals surface area contributed by atoms with E-state index in [9.17, 15) is 18.0 Å². The van der Waals surface area contributed by atoms with Gasteiger partial charge in [-0.3, -0.25) is 9.59 Å². The van der Waals surface area contributed by atoms with Crippen molar-refractivity contribution in [2.45, 2.75) is 19.8 Å². The fourth-order valence-electron chi connectivity index (χ4n) is 3.84. The molecule has 176 valence electrons. The van der Waals surface area contributed by atoms with E-state index >= 15 is 0 Å². The zero-order valence-corrected chi connectivity index (χ0v) is 19.3. The summed E-state index contributed by atoms with van der Waals surface area (Å²) in [6, 6.07) is 7.82. The summed E-state index contributed by atoms with van der Waals surface area (Å²) in [4.78, 5) is 25.2. The van der Waals surface area contributed by atoms with Crippen LogP contribution in [0.3, 0.4) is 0 Å².